The van der Waals surface area contributed by atoms with E-state index in [0.29, 0.717) is 11.5 Å². The number of hydrogen-bond acceptors (Lipinski definition) is 6. The summed E-state index contributed by atoms with van der Waals surface area (Å²) in [5.74, 6) is -0.363. The van der Waals surface area contributed by atoms with Crippen molar-refractivity contribution in [3.63, 3.8) is 0 Å². The molecule has 4 heterocycles. The van der Waals surface area contributed by atoms with Crippen molar-refractivity contribution < 1.29 is 9.13 Å². The molecule has 0 radical (unpaired) electrons. The Labute approximate surface area is 147 Å². The number of pyridine rings is 1. The van der Waals surface area contributed by atoms with E-state index < -0.39 is 5.82 Å². The van der Waals surface area contributed by atoms with E-state index in [1.807, 2.05) is 5.38 Å². The fourth-order valence-electron chi connectivity index (χ4n) is 3.00. The van der Waals surface area contributed by atoms with Crippen LogP contribution in [0.5, 0.6) is 5.88 Å². The molecular weight excluding hydrogens is 343 g/mol. The van der Waals surface area contributed by atoms with E-state index >= 15 is 0 Å². The summed E-state index contributed by atoms with van der Waals surface area (Å²) < 4.78 is 20.8. The van der Waals surface area contributed by atoms with E-state index in [1.54, 1.807) is 22.7 Å². The minimum Gasteiger partial charge on any atom is -0.472 e. The summed E-state index contributed by atoms with van der Waals surface area (Å²) in [7, 11) is 0. The third-order valence-electron chi connectivity index (χ3n) is 4.28. The minimum absolute atomic E-state index is 0.0426. The molecule has 130 valence electrons. The largest absolute Gasteiger partial charge is 0.472 e. The average Bonchev–Trinajstić information content (AvgIpc) is 3.08. The predicted octanol–water partition coefficient (Wildman–Crippen LogP) is 2.33. The van der Waals surface area contributed by atoms with Crippen LogP contribution >= 0.6 is 11.3 Å². The summed E-state index contributed by atoms with van der Waals surface area (Å²) in [6, 6.07) is 4.48. The SMILES string of the molecule is O=c1cc(CN2CCC(Oc3ncccc3F)CC2)nc2sccn12. The van der Waals surface area contributed by atoms with E-state index in [1.165, 1.54) is 23.6 Å². The van der Waals surface area contributed by atoms with E-state index in [2.05, 4.69) is 14.9 Å². The topological polar surface area (TPSA) is 59.7 Å². The van der Waals surface area contributed by atoms with Crippen molar-refractivity contribution in [2.75, 3.05) is 13.1 Å². The summed E-state index contributed by atoms with van der Waals surface area (Å²) >= 11 is 1.45. The normalized spacial score (nSPS) is 16.4. The van der Waals surface area contributed by atoms with Crippen LogP contribution in [0, 0.1) is 5.82 Å². The van der Waals surface area contributed by atoms with Gasteiger partial charge in [-0.1, -0.05) is 0 Å². The van der Waals surface area contributed by atoms with Crippen molar-refractivity contribution in [2.45, 2.75) is 25.5 Å². The number of hydrogen-bond donors (Lipinski definition) is 0. The van der Waals surface area contributed by atoms with Crippen LogP contribution in [-0.2, 0) is 6.54 Å². The Morgan fingerprint density at radius 1 is 1.36 bits per heavy atom. The van der Waals surface area contributed by atoms with Gasteiger partial charge in [0.1, 0.15) is 6.10 Å². The van der Waals surface area contributed by atoms with Crippen molar-refractivity contribution in [1.29, 1.82) is 0 Å². The lowest BCUT2D eigenvalue weighted by Crippen LogP contribution is -2.38. The minimum atomic E-state index is -0.432. The Hall–Kier alpha value is -2.32. The van der Waals surface area contributed by atoms with Crippen molar-refractivity contribution in [3.8, 4) is 5.88 Å². The second-order valence-corrected chi connectivity index (χ2v) is 6.90. The second-order valence-electron chi connectivity index (χ2n) is 6.03. The van der Waals surface area contributed by atoms with Crippen LogP contribution < -0.4 is 10.3 Å². The number of likely N-dealkylation sites (tertiary alicyclic amines) is 1. The third-order valence-corrected chi connectivity index (χ3v) is 5.04. The van der Waals surface area contributed by atoms with Crippen molar-refractivity contribution in [1.82, 2.24) is 19.3 Å². The number of piperidine rings is 1. The summed E-state index contributed by atoms with van der Waals surface area (Å²) in [5, 5.41) is 1.85. The molecular formula is C17H17FN4O2S. The number of halogens is 1. The molecule has 1 aliphatic heterocycles. The quantitative estimate of drug-likeness (QED) is 0.715. The molecule has 6 nitrogen and oxygen atoms in total. The Kier molecular flexibility index (Phi) is 4.46. The Morgan fingerprint density at radius 3 is 3.00 bits per heavy atom. The van der Waals surface area contributed by atoms with Gasteiger partial charge in [-0.15, -0.1) is 11.3 Å². The number of thiazole rings is 1. The second kappa shape index (κ2) is 6.89. The molecule has 0 bridgehead atoms. The lowest BCUT2D eigenvalue weighted by molar-refractivity contribution is 0.0890. The van der Waals surface area contributed by atoms with Gasteiger partial charge in [0, 0.05) is 43.5 Å². The Bertz CT molecular complexity index is 934. The molecule has 0 N–H and O–H groups in total. The zero-order chi connectivity index (χ0) is 17.2. The van der Waals surface area contributed by atoms with Gasteiger partial charge >= 0.3 is 0 Å². The fraction of sp³-hybridized carbons (Fsp3) is 0.353. The zero-order valence-corrected chi connectivity index (χ0v) is 14.3. The monoisotopic (exact) mass is 360 g/mol. The predicted molar refractivity (Wildman–Crippen MR) is 92.5 cm³/mol. The fourth-order valence-corrected chi connectivity index (χ4v) is 3.74. The highest BCUT2D eigenvalue weighted by molar-refractivity contribution is 7.15. The molecule has 0 amide bonds. The van der Waals surface area contributed by atoms with Crippen LogP contribution in [0.4, 0.5) is 4.39 Å². The van der Waals surface area contributed by atoms with E-state index in [-0.39, 0.29) is 17.5 Å². The molecule has 0 spiro atoms. The lowest BCUT2D eigenvalue weighted by atomic mass is 10.1. The van der Waals surface area contributed by atoms with Crippen LogP contribution in [-0.4, -0.2) is 38.5 Å². The number of ether oxygens (including phenoxy) is 1. The molecule has 8 heteroatoms. The first kappa shape index (κ1) is 16.2. The number of fused-ring (bicyclic) bond motifs is 1. The number of aromatic nitrogens is 3. The maximum atomic E-state index is 13.6. The highest BCUT2D eigenvalue weighted by atomic mass is 32.1. The van der Waals surface area contributed by atoms with E-state index in [4.69, 9.17) is 4.74 Å². The van der Waals surface area contributed by atoms with Gasteiger partial charge in [-0.25, -0.2) is 14.4 Å². The van der Waals surface area contributed by atoms with Crippen LogP contribution in [0.15, 0.2) is 40.8 Å². The van der Waals surface area contributed by atoms with Crippen LogP contribution in [0.25, 0.3) is 4.96 Å². The smallest absolute Gasteiger partial charge is 0.258 e. The van der Waals surface area contributed by atoms with Crippen molar-refractivity contribution in [2.24, 2.45) is 0 Å². The zero-order valence-electron chi connectivity index (χ0n) is 13.5. The van der Waals surface area contributed by atoms with Gasteiger partial charge in [0.05, 0.1) is 5.69 Å². The first-order chi connectivity index (χ1) is 12.2. The van der Waals surface area contributed by atoms with Gasteiger partial charge in [-0.2, -0.15) is 0 Å². The third kappa shape index (κ3) is 3.54. The summed E-state index contributed by atoms with van der Waals surface area (Å²) in [5.41, 5.74) is 0.729. The van der Waals surface area contributed by atoms with Gasteiger partial charge in [-0.05, 0) is 25.0 Å². The molecule has 1 aliphatic rings. The number of nitrogens with zero attached hydrogens (tertiary/aromatic N) is 4. The summed E-state index contributed by atoms with van der Waals surface area (Å²) in [6.07, 6.45) is 4.79. The van der Waals surface area contributed by atoms with Crippen LogP contribution in [0.1, 0.15) is 18.5 Å². The Morgan fingerprint density at radius 2 is 2.20 bits per heavy atom. The van der Waals surface area contributed by atoms with Crippen molar-refractivity contribution in [3.05, 3.63) is 57.8 Å². The standard InChI is InChI=1S/C17H17FN4O2S/c18-14-2-1-5-19-16(14)24-13-3-6-21(7-4-13)11-12-10-15(23)22-8-9-25-17(22)20-12/h1-2,5,8-10,13H,3-4,6-7,11H2. The molecule has 0 saturated carbocycles. The van der Waals surface area contributed by atoms with Gasteiger partial charge in [0.25, 0.3) is 11.4 Å². The van der Waals surface area contributed by atoms with Gasteiger partial charge in [-0.3, -0.25) is 14.1 Å². The molecule has 1 fully saturated rings. The van der Waals surface area contributed by atoms with E-state index in [0.717, 1.165) is 31.6 Å². The van der Waals surface area contributed by atoms with Crippen LogP contribution in [0.2, 0.25) is 0 Å². The molecule has 3 aromatic heterocycles. The Balaban J connectivity index is 1.37. The maximum absolute atomic E-state index is 13.6. The highest BCUT2D eigenvalue weighted by Crippen LogP contribution is 2.20. The van der Waals surface area contributed by atoms with Crippen LogP contribution in [0.3, 0.4) is 0 Å². The molecule has 0 aromatic carbocycles. The molecule has 3 aromatic rings. The van der Waals surface area contributed by atoms with E-state index in [9.17, 15) is 9.18 Å². The molecule has 4 rings (SSSR count). The first-order valence-electron chi connectivity index (χ1n) is 8.14. The molecule has 0 atom stereocenters. The van der Waals surface area contributed by atoms with Gasteiger partial charge < -0.3 is 4.74 Å². The first-order valence-corrected chi connectivity index (χ1v) is 9.02. The highest BCUT2D eigenvalue weighted by Gasteiger charge is 2.22. The summed E-state index contributed by atoms with van der Waals surface area (Å²) in [6.45, 7) is 2.25. The van der Waals surface area contributed by atoms with Gasteiger partial charge in [0.2, 0.25) is 0 Å². The lowest BCUT2D eigenvalue weighted by Gasteiger charge is -2.31. The molecule has 25 heavy (non-hydrogen) atoms. The molecule has 0 unspecified atom stereocenters. The molecule has 0 aliphatic carbocycles. The number of rotatable bonds is 4. The molecule has 1 saturated heterocycles. The van der Waals surface area contributed by atoms with Crippen molar-refractivity contribution >= 4 is 16.3 Å². The van der Waals surface area contributed by atoms with Gasteiger partial charge in [0.15, 0.2) is 10.8 Å². The summed E-state index contributed by atoms with van der Waals surface area (Å²) in [4.78, 5) is 23.5. The maximum Gasteiger partial charge on any atom is 0.258 e. The average molecular weight is 360 g/mol.